The minimum absolute atomic E-state index is 0.0568. The molecule has 96 valence electrons. The van der Waals surface area contributed by atoms with Crippen molar-refractivity contribution in [1.29, 1.82) is 0 Å². The van der Waals surface area contributed by atoms with Gasteiger partial charge in [0.1, 0.15) is 0 Å². The number of ether oxygens (including phenoxy) is 1. The molecule has 1 atom stereocenters. The molecule has 3 heteroatoms. The van der Waals surface area contributed by atoms with Gasteiger partial charge in [0.15, 0.2) is 5.78 Å². The standard InChI is InChI=1S/C14H23NO2/c1-13(2,3)17-11-5-8-15-10(11)9-12(16)14(4)6-7-14/h9,11,15H,5-8H2,1-4H3/b10-9-/t11-/m0/s1. The third kappa shape index (κ3) is 3.09. The first-order chi connectivity index (χ1) is 7.80. The van der Waals surface area contributed by atoms with Gasteiger partial charge in [0, 0.05) is 23.7 Å². The zero-order chi connectivity index (χ0) is 12.7. The van der Waals surface area contributed by atoms with Crippen molar-refractivity contribution in [2.24, 2.45) is 5.41 Å². The van der Waals surface area contributed by atoms with Crippen molar-refractivity contribution in [1.82, 2.24) is 5.32 Å². The topological polar surface area (TPSA) is 38.3 Å². The van der Waals surface area contributed by atoms with Crippen LogP contribution in [0, 0.1) is 5.41 Å². The van der Waals surface area contributed by atoms with Crippen LogP contribution in [-0.4, -0.2) is 24.0 Å². The second-order valence-electron chi connectivity index (χ2n) is 6.46. The number of carbonyl (C=O) groups is 1. The van der Waals surface area contributed by atoms with E-state index in [0.717, 1.165) is 31.5 Å². The summed E-state index contributed by atoms with van der Waals surface area (Å²) in [6.45, 7) is 9.09. The number of nitrogens with one attached hydrogen (secondary N) is 1. The first kappa shape index (κ1) is 12.6. The summed E-state index contributed by atoms with van der Waals surface area (Å²) in [6.07, 6.45) is 4.84. The van der Waals surface area contributed by atoms with Gasteiger partial charge in [0.05, 0.1) is 11.7 Å². The summed E-state index contributed by atoms with van der Waals surface area (Å²) in [7, 11) is 0. The van der Waals surface area contributed by atoms with E-state index in [9.17, 15) is 4.79 Å². The summed E-state index contributed by atoms with van der Waals surface area (Å²) in [4.78, 5) is 12.0. The number of hydrogen-bond donors (Lipinski definition) is 1. The fraction of sp³-hybridized carbons (Fsp3) is 0.786. The van der Waals surface area contributed by atoms with E-state index in [-0.39, 0.29) is 22.9 Å². The second kappa shape index (κ2) is 4.13. The molecule has 1 aliphatic carbocycles. The Hall–Kier alpha value is -0.830. The molecule has 2 aliphatic rings. The molecule has 0 amide bonds. The quantitative estimate of drug-likeness (QED) is 0.766. The maximum atomic E-state index is 12.0. The third-order valence-corrected chi connectivity index (χ3v) is 3.46. The molecule has 0 bridgehead atoms. The molecule has 0 unspecified atom stereocenters. The molecule has 1 saturated heterocycles. The maximum absolute atomic E-state index is 12.0. The van der Waals surface area contributed by atoms with Crippen LogP contribution >= 0.6 is 0 Å². The molecule has 1 N–H and O–H groups in total. The Kier molecular flexibility index (Phi) is 3.06. The highest BCUT2D eigenvalue weighted by Crippen LogP contribution is 2.46. The smallest absolute Gasteiger partial charge is 0.163 e. The number of rotatable bonds is 3. The molecular formula is C14H23NO2. The van der Waals surface area contributed by atoms with Gasteiger partial charge in [-0.05, 0) is 40.0 Å². The molecule has 2 rings (SSSR count). The maximum Gasteiger partial charge on any atom is 0.163 e. The third-order valence-electron chi connectivity index (χ3n) is 3.46. The van der Waals surface area contributed by atoms with Crippen LogP contribution in [-0.2, 0) is 9.53 Å². The van der Waals surface area contributed by atoms with Gasteiger partial charge in [-0.15, -0.1) is 0 Å². The molecule has 3 nitrogen and oxygen atoms in total. The predicted octanol–water partition coefficient (Wildman–Crippen LogP) is 2.42. The van der Waals surface area contributed by atoms with Crippen LogP contribution in [0.5, 0.6) is 0 Å². The van der Waals surface area contributed by atoms with Gasteiger partial charge in [0.25, 0.3) is 0 Å². The molecule has 0 radical (unpaired) electrons. The zero-order valence-electron chi connectivity index (χ0n) is 11.3. The lowest BCUT2D eigenvalue weighted by atomic mass is 10.0. The lowest BCUT2D eigenvalue weighted by Gasteiger charge is -2.25. The average Bonchev–Trinajstić information content (AvgIpc) is 2.80. The molecule has 0 aromatic rings. The second-order valence-corrected chi connectivity index (χ2v) is 6.46. The number of ketones is 1. The fourth-order valence-electron chi connectivity index (χ4n) is 2.06. The molecule has 17 heavy (non-hydrogen) atoms. The van der Waals surface area contributed by atoms with E-state index in [2.05, 4.69) is 5.32 Å². The highest BCUT2D eigenvalue weighted by molar-refractivity contribution is 5.97. The minimum Gasteiger partial charge on any atom is -0.386 e. The van der Waals surface area contributed by atoms with Crippen molar-refractivity contribution in [3.8, 4) is 0 Å². The van der Waals surface area contributed by atoms with Crippen LogP contribution in [0.3, 0.4) is 0 Å². The van der Waals surface area contributed by atoms with Crippen molar-refractivity contribution in [3.63, 3.8) is 0 Å². The number of allylic oxidation sites excluding steroid dienone is 1. The normalized spacial score (nSPS) is 29.2. The van der Waals surface area contributed by atoms with Crippen molar-refractivity contribution in [3.05, 3.63) is 11.8 Å². The zero-order valence-corrected chi connectivity index (χ0v) is 11.3. The summed E-state index contributed by atoms with van der Waals surface area (Å²) in [5.74, 6) is 0.254. The van der Waals surface area contributed by atoms with E-state index < -0.39 is 0 Å². The summed E-state index contributed by atoms with van der Waals surface area (Å²) in [6, 6.07) is 0. The Balaban J connectivity index is 2.04. The van der Waals surface area contributed by atoms with Gasteiger partial charge in [-0.1, -0.05) is 6.92 Å². The lowest BCUT2D eigenvalue weighted by Crippen LogP contribution is -2.28. The van der Waals surface area contributed by atoms with Crippen molar-refractivity contribution in [2.75, 3.05) is 6.54 Å². The average molecular weight is 237 g/mol. The first-order valence-corrected chi connectivity index (χ1v) is 6.48. The first-order valence-electron chi connectivity index (χ1n) is 6.48. The van der Waals surface area contributed by atoms with Gasteiger partial charge >= 0.3 is 0 Å². The van der Waals surface area contributed by atoms with Gasteiger partial charge < -0.3 is 10.1 Å². The Morgan fingerprint density at radius 2 is 2.12 bits per heavy atom. The Bertz CT molecular complexity index is 348. The monoisotopic (exact) mass is 237 g/mol. The summed E-state index contributed by atoms with van der Waals surface area (Å²) in [5, 5.41) is 3.28. The molecular weight excluding hydrogens is 214 g/mol. The fourth-order valence-corrected chi connectivity index (χ4v) is 2.06. The molecule has 0 aromatic heterocycles. The highest BCUT2D eigenvalue weighted by Gasteiger charge is 2.44. The molecule has 1 heterocycles. The van der Waals surface area contributed by atoms with Gasteiger partial charge in [-0.25, -0.2) is 0 Å². The number of hydrogen-bond acceptors (Lipinski definition) is 3. The molecule has 0 aromatic carbocycles. The molecule has 0 spiro atoms. The van der Waals surface area contributed by atoms with Gasteiger partial charge in [-0.2, -0.15) is 0 Å². The lowest BCUT2D eigenvalue weighted by molar-refractivity contribution is -0.119. The van der Waals surface area contributed by atoms with Crippen molar-refractivity contribution < 1.29 is 9.53 Å². The van der Waals surface area contributed by atoms with Crippen molar-refractivity contribution >= 4 is 5.78 Å². The Morgan fingerprint density at radius 3 is 2.65 bits per heavy atom. The van der Waals surface area contributed by atoms with Gasteiger partial charge in [-0.3, -0.25) is 4.79 Å². The number of carbonyl (C=O) groups excluding carboxylic acids is 1. The summed E-state index contributed by atoms with van der Waals surface area (Å²) >= 11 is 0. The largest absolute Gasteiger partial charge is 0.386 e. The van der Waals surface area contributed by atoms with E-state index in [1.165, 1.54) is 0 Å². The SMILES string of the molecule is CC(C)(C)O[C@H]1CCN/C1=C\C(=O)C1(C)CC1. The summed E-state index contributed by atoms with van der Waals surface area (Å²) < 4.78 is 5.96. The van der Waals surface area contributed by atoms with E-state index >= 15 is 0 Å². The Labute approximate surface area is 104 Å². The van der Waals surface area contributed by atoms with Gasteiger partial charge in [0.2, 0.25) is 0 Å². The predicted molar refractivity (Wildman–Crippen MR) is 67.7 cm³/mol. The van der Waals surface area contributed by atoms with E-state index in [1.54, 1.807) is 6.08 Å². The van der Waals surface area contributed by atoms with E-state index in [0.29, 0.717) is 0 Å². The highest BCUT2D eigenvalue weighted by atomic mass is 16.5. The van der Waals surface area contributed by atoms with Crippen LogP contribution in [0.15, 0.2) is 11.8 Å². The van der Waals surface area contributed by atoms with Crippen LogP contribution < -0.4 is 5.32 Å². The molecule has 1 aliphatic heterocycles. The van der Waals surface area contributed by atoms with Crippen LogP contribution in [0.1, 0.15) is 47.0 Å². The molecule has 2 fully saturated rings. The van der Waals surface area contributed by atoms with E-state index in [4.69, 9.17) is 4.74 Å². The Morgan fingerprint density at radius 1 is 1.47 bits per heavy atom. The van der Waals surface area contributed by atoms with Crippen LogP contribution in [0.2, 0.25) is 0 Å². The van der Waals surface area contributed by atoms with Crippen LogP contribution in [0.4, 0.5) is 0 Å². The van der Waals surface area contributed by atoms with Crippen molar-refractivity contribution in [2.45, 2.75) is 58.7 Å². The van der Waals surface area contributed by atoms with E-state index in [1.807, 2.05) is 27.7 Å². The molecule has 1 saturated carbocycles. The summed E-state index contributed by atoms with van der Waals surface area (Å²) in [5.41, 5.74) is 0.726. The van der Waals surface area contributed by atoms with Crippen LogP contribution in [0.25, 0.3) is 0 Å². The minimum atomic E-state index is -0.164.